The first-order valence-corrected chi connectivity index (χ1v) is 3.39. The lowest BCUT2D eigenvalue weighted by Gasteiger charge is -2.19. The Balaban J connectivity index is 4.80. The zero-order valence-corrected chi connectivity index (χ0v) is 6.80. The summed E-state index contributed by atoms with van der Waals surface area (Å²) in [7, 11) is 0. The van der Waals surface area contributed by atoms with Gasteiger partial charge < -0.3 is 15.3 Å². The van der Waals surface area contributed by atoms with Crippen molar-refractivity contribution >= 4 is 18.2 Å². The number of carbonyl (C=O) groups is 3. The van der Waals surface area contributed by atoms with E-state index in [9.17, 15) is 14.4 Å². The maximum absolute atomic E-state index is 10.4. The van der Waals surface area contributed by atoms with E-state index in [-0.39, 0.29) is 11.3 Å². The highest BCUT2D eigenvalue weighted by Crippen LogP contribution is 2.05. The van der Waals surface area contributed by atoms with Gasteiger partial charge in [-0.1, -0.05) is 6.92 Å². The SMILES string of the molecule is CCC(C(=O)O)N(C(=O)O)C(=O)O. The molecule has 0 aliphatic heterocycles. The van der Waals surface area contributed by atoms with E-state index < -0.39 is 24.2 Å². The van der Waals surface area contributed by atoms with Crippen molar-refractivity contribution in [1.82, 2.24) is 4.90 Å². The Morgan fingerprint density at radius 1 is 1.15 bits per heavy atom. The average molecular weight is 191 g/mol. The van der Waals surface area contributed by atoms with Crippen molar-refractivity contribution < 1.29 is 29.7 Å². The summed E-state index contributed by atoms with van der Waals surface area (Å²) in [5.41, 5.74) is 0. The van der Waals surface area contributed by atoms with Gasteiger partial charge >= 0.3 is 18.2 Å². The number of rotatable bonds is 3. The molecule has 2 amide bonds. The molecule has 0 aromatic carbocycles. The number of carboxylic acids is 1. The molecule has 1 unspecified atom stereocenters. The van der Waals surface area contributed by atoms with E-state index >= 15 is 0 Å². The summed E-state index contributed by atoms with van der Waals surface area (Å²) in [6.07, 6.45) is -3.68. The molecule has 0 heterocycles. The van der Waals surface area contributed by atoms with Crippen LogP contribution in [0.5, 0.6) is 0 Å². The van der Waals surface area contributed by atoms with Gasteiger partial charge in [0.15, 0.2) is 0 Å². The molecule has 0 aromatic heterocycles. The highest BCUT2D eigenvalue weighted by atomic mass is 16.4. The molecule has 3 N–H and O–H groups in total. The summed E-state index contributed by atoms with van der Waals surface area (Å²) >= 11 is 0. The Kier molecular flexibility index (Phi) is 3.70. The van der Waals surface area contributed by atoms with Gasteiger partial charge in [-0.05, 0) is 6.42 Å². The second-order valence-corrected chi connectivity index (χ2v) is 2.20. The molecular weight excluding hydrogens is 182 g/mol. The highest BCUT2D eigenvalue weighted by molar-refractivity contribution is 5.91. The minimum absolute atomic E-state index is 0.103. The predicted molar refractivity (Wildman–Crippen MR) is 39.6 cm³/mol. The molecule has 0 rings (SSSR count). The Bertz CT molecular complexity index is 223. The topological polar surface area (TPSA) is 115 Å². The van der Waals surface area contributed by atoms with Gasteiger partial charge in [-0.2, -0.15) is 4.90 Å². The van der Waals surface area contributed by atoms with Crippen LogP contribution in [0.25, 0.3) is 0 Å². The van der Waals surface area contributed by atoms with Crippen LogP contribution < -0.4 is 0 Å². The molecule has 0 radical (unpaired) electrons. The van der Waals surface area contributed by atoms with Crippen LogP contribution in [0.1, 0.15) is 13.3 Å². The number of carboxylic acid groups (broad SMARTS) is 3. The summed E-state index contributed by atoms with van der Waals surface area (Å²) in [6, 6.07) is -1.55. The third-order valence-corrected chi connectivity index (χ3v) is 1.40. The van der Waals surface area contributed by atoms with E-state index in [0.29, 0.717) is 0 Å². The standard InChI is InChI=1S/C6H9NO6/c1-2-3(4(8)9)7(5(10)11)6(12)13/h3H,2H2,1H3,(H,8,9)(H,10,11)(H,12,13). The quantitative estimate of drug-likeness (QED) is 0.598. The second-order valence-electron chi connectivity index (χ2n) is 2.20. The molecule has 0 bridgehead atoms. The van der Waals surface area contributed by atoms with Crippen molar-refractivity contribution in [2.45, 2.75) is 19.4 Å². The molecule has 7 nitrogen and oxygen atoms in total. The third kappa shape index (κ3) is 2.62. The van der Waals surface area contributed by atoms with Gasteiger partial charge in [0.05, 0.1) is 0 Å². The molecule has 0 aromatic rings. The summed E-state index contributed by atoms with van der Waals surface area (Å²) < 4.78 is 0. The second kappa shape index (κ2) is 4.29. The summed E-state index contributed by atoms with van der Waals surface area (Å²) in [5.74, 6) is -1.48. The Morgan fingerprint density at radius 3 is 1.62 bits per heavy atom. The summed E-state index contributed by atoms with van der Waals surface area (Å²) in [4.78, 5) is 30.9. The smallest absolute Gasteiger partial charge is 0.417 e. The Morgan fingerprint density at radius 2 is 1.54 bits per heavy atom. The first kappa shape index (κ1) is 11.2. The van der Waals surface area contributed by atoms with Gasteiger partial charge in [0.1, 0.15) is 6.04 Å². The number of hydrogen-bond donors (Lipinski definition) is 3. The van der Waals surface area contributed by atoms with E-state index in [4.69, 9.17) is 15.3 Å². The van der Waals surface area contributed by atoms with Crippen molar-refractivity contribution in [2.75, 3.05) is 0 Å². The lowest BCUT2D eigenvalue weighted by Crippen LogP contribution is -2.47. The van der Waals surface area contributed by atoms with Crippen LogP contribution in [0.15, 0.2) is 0 Å². The summed E-state index contributed by atoms with van der Waals surface area (Å²) in [5, 5.41) is 25.2. The minimum Gasteiger partial charge on any atom is -0.480 e. The Hall–Kier alpha value is -1.79. The molecule has 0 aliphatic rings. The fourth-order valence-electron chi connectivity index (χ4n) is 0.816. The first-order valence-electron chi connectivity index (χ1n) is 3.39. The zero-order chi connectivity index (χ0) is 10.6. The number of hydrogen-bond acceptors (Lipinski definition) is 3. The zero-order valence-electron chi connectivity index (χ0n) is 6.80. The summed E-state index contributed by atoms with van der Waals surface area (Å²) in [6.45, 7) is 1.39. The van der Waals surface area contributed by atoms with Gasteiger partial charge in [-0.15, -0.1) is 0 Å². The van der Waals surface area contributed by atoms with E-state index in [1.165, 1.54) is 6.92 Å². The van der Waals surface area contributed by atoms with Crippen LogP contribution in [0, 0.1) is 0 Å². The molecule has 1 atom stereocenters. The van der Waals surface area contributed by atoms with Crippen molar-refractivity contribution in [3.8, 4) is 0 Å². The normalized spacial score (nSPS) is 11.8. The minimum atomic E-state index is -1.79. The predicted octanol–water partition coefficient (Wildman–Crippen LogP) is 0.508. The van der Waals surface area contributed by atoms with Gasteiger partial charge in [0, 0.05) is 0 Å². The van der Waals surface area contributed by atoms with Gasteiger partial charge in [-0.3, -0.25) is 0 Å². The molecule has 0 saturated carbocycles. The maximum atomic E-state index is 10.4. The van der Waals surface area contributed by atoms with Crippen LogP contribution in [-0.4, -0.2) is 44.4 Å². The maximum Gasteiger partial charge on any atom is 0.417 e. The largest absolute Gasteiger partial charge is 0.480 e. The van der Waals surface area contributed by atoms with Gasteiger partial charge in [0.25, 0.3) is 0 Å². The van der Waals surface area contributed by atoms with Crippen LogP contribution in [-0.2, 0) is 4.79 Å². The van der Waals surface area contributed by atoms with Gasteiger partial charge in [-0.25, -0.2) is 14.4 Å². The van der Waals surface area contributed by atoms with Crippen LogP contribution in [0.4, 0.5) is 9.59 Å². The van der Waals surface area contributed by atoms with E-state index in [1.54, 1.807) is 0 Å². The molecule has 74 valence electrons. The molecule has 0 aliphatic carbocycles. The number of imide groups is 1. The fourth-order valence-corrected chi connectivity index (χ4v) is 0.816. The van der Waals surface area contributed by atoms with Crippen LogP contribution in [0.3, 0.4) is 0 Å². The first-order chi connectivity index (χ1) is 5.91. The van der Waals surface area contributed by atoms with Crippen LogP contribution >= 0.6 is 0 Å². The third-order valence-electron chi connectivity index (χ3n) is 1.40. The molecule has 0 fully saturated rings. The lowest BCUT2D eigenvalue weighted by atomic mass is 10.2. The lowest BCUT2D eigenvalue weighted by molar-refractivity contribution is -0.142. The average Bonchev–Trinajstić information content (AvgIpc) is 1.97. The van der Waals surface area contributed by atoms with E-state index in [2.05, 4.69) is 0 Å². The number of aliphatic carboxylic acids is 1. The van der Waals surface area contributed by atoms with Crippen molar-refractivity contribution in [1.29, 1.82) is 0 Å². The number of amides is 2. The van der Waals surface area contributed by atoms with Crippen molar-refractivity contribution in [2.24, 2.45) is 0 Å². The monoisotopic (exact) mass is 191 g/mol. The molecule has 7 heteroatoms. The fraction of sp³-hybridized carbons (Fsp3) is 0.500. The molecule has 13 heavy (non-hydrogen) atoms. The molecule has 0 spiro atoms. The van der Waals surface area contributed by atoms with Crippen molar-refractivity contribution in [3.05, 3.63) is 0 Å². The molecule has 0 saturated heterocycles. The highest BCUT2D eigenvalue weighted by Gasteiger charge is 2.33. The Labute approximate surface area is 73.2 Å². The van der Waals surface area contributed by atoms with E-state index in [0.717, 1.165) is 0 Å². The van der Waals surface area contributed by atoms with Crippen LogP contribution in [0.2, 0.25) is 0 Å². The van der Waals surface area contributed by atoms with E-state index in [1.807, 2.05) is 0 Å². The van der Waals surface area contributed by atoms with Crippen molar-refractivity contribution in [3.63, 3.8) is 0 Å². The number of nitrogens with zero attached hydrogens (tertiary/aromatic N) is 1. The van der Waals surface area contributed by atoms with Gasteiger partial charge in [0.2, 0.25) is 0 Å². The molecular formula is C6H9NO6.